The number of ether oxygens (including phenoxy) is 4. The van der Waals surface area contributed by atoms with E-state index in [1.165, 1.54) is 0 Å². The number of benzene rings is 3. The monoisotopic (exact) mass is 498 g/mol. The summed E-state index contributed by atoms with van der Waals surface area (Å²) in [5.41, 5.74) is 3.83. The summed E-state index contributed by atoms with van der Waals surface area (Å²) in [6, 6.07) is 25.4. The van der Waals surface area contributed by atoms with Crippen LogP contribution < -0.4 is 9.47 Å². The minimum absolute atomic E-state index is 0.118. The second-order valence-corrected chi connectivity index (χ2v) is 9.94. The lowest BCUT2D eigenvalue weighted by atomic mass is 9.77. The molecule has 1 atom stereocenters. The Labute approximate surface area is 216 Å². The molecule has 0 radical (unpaired) electrons. The first-order chi connectivity index (χ1) is 18.1. The van der Waals surface area contributed by atoms with Gasteiger partial charge in [0.1, 0.15) is 0 Å². The number of fused-ring (bicyclic) bond motifs is 1. The molecule has 2 heterocycles. The summed E-state index contributed by atoms with van der Waals surface area (Å²) in [5.74, 6) is -1.15. The normalized spacial score (nSPS) is 24.8. The molecule has 0 amide bonds. The van der Waals surface area contributed by atoms with Crippen LogP contribution in [-0.4, -0.2) is 29.8 Å². The maximum Gasteiger partial charge on any atom is 0.341 e. The number of carbonyl (C=O) groups excluding carboxylic acids is 1. The molecule has 1 fully saturated rings. The average molecular weight is 499 g/mol. The summed E-state index contributed by atoms with van der Waals surface area (Å²) in [6.07, 6.45) is 3.54. The predicted octanol–water partition coefficient (Wildman–Crippen LogP) is 5.43. The molecular formula is C31H30O6. The van der Waals surface area contributed by atoms with Crippen molar-refractivity contribution >= 4 is 11.5 Å². The van der Waals surface area contributed by atoms with Gasteiger partial charge in [0.15, 0.2) is 11.5 Å². The van der Waals surface area contributed by atoms with Gasteiger partial charge in [0.25, 0.3) is 0 Å². The molecule has 3 aliphatic rings. The maximum absolute atomic E-state index is 13.3. The summed E-state index contributed by atoms with van der Waals surface area (Å²) in [5, 5.41) is 12.0. The van der Waals surface area contributed by atoms with E-state index in [0.717, 1.165) is 24.0 Å². The van der Waals surface area contributed by atoms with Crippen LogP contribution in [0.25, 0.3) is 5.57 Å². The van der Waals surface area contributed by atoms with Gasteiger partial charge in [-0.1, -0.05) is 66.7 Å². The summed E-state index contributed by atoms with van der Waals surface area (Å²) >= 11 is 0. The van der Waals surface area contributed by atoms with Crippen molar-refractivity contribution < 1.29 is 28.8 Å². The Hall–Kier alpha value is -3.61. The van der Waals surface area contributed by atoms with E-state index in [1.807, 2.05) is 54.6 Å². The van der Waals surface area contributed by atoms with E-state index in [4.69, 9.17) is 18.9 Å². The van der Waals surface area contributed by atoms with Crippen LogP contribution in [-0.2, 0) is 27.3 Å². The highest BCUT2D eigenvalue weighted by molar-refractivity contribution is 6.20. The molecule has 0 aromatic heterocycles. The molecule has 6 nitrogen and oxygen atoms in total. The van der Waals surface area contributed by atoms with Crippen LogP contribution in [0.5, 0.6) is 11.5 Å². The van der Waals surface area contributed by atoms with Crippen LogP contribution in [0.2, 0.25) is 0 Å². The Kier molecular flexibility index (Phi) is 6.45. The van der Waals surface area contributed by atoms with Crippen LogP contribution in [0.4, 0.5) is 0 Å². The smallest absolute Gasteiger partial charge is 0.341 e. The van der Waals surface area contributed by atoms with Crippen molar-refractivity contribution in [2.75, 3.05) is 6.79 Å². The number of carbonyl (C=O) groups is 1. The standard InChI is InChI=1S/C31H30O6/c32-30-29(23-11-16-27-28(18-23)36-20-35-27)26(17-21-7-3-1-4-8-21)31(33,37-30)24-12-14-25(15-13-24)34-19-22-9-5-2-6-10-22/h1-11,16,18,24-25,33H,12-15,17,19-20H2. The van der Waals surface area contributed by atoms with Crippen molar-refractivity contribution in [3.8, 4) is 11.5 Å². The van der Waals surface area contributed by atoms with E-state index in [0.29, 0.717) is 54.1 Å². The van der Waals surface area contributed by atoms with E-state index in [9.17, 15) is 9.90 Å². The number of esters is 1. The summed E-state index contributed by atoms with van der Waals surface area (Å²) in [7, 11) is 0. The Balaban J connectivity index is 1.26. The molecule has 1 saturated carbocycles. The average Bonchev–Trinajstić information content (AvgIpc) is 3.50. The maximum atomic E-state index is 13.3. The number of hydrogen-bond donors (Lipinski definition) is 1. The Morgan fingerprint density at radius 2 is 1.51 bits per heavy atom. The largest absolute Gasteiger partial charge is 0.454 e. The topological polar surface area (TPSA) is 74.2 Å². The lowest BCUT2D eigenvalue weighted by molar-refractivity contribution is -0.207. The number of cyclic esters (lactones) is 1. The van der Waals surface area contributed by atoms with E-state index in [1.54, 1.807) is 12.1 Å². The van der Waals surface area contributed by atoms with Crippen LogP contribution in [0.3, 0.4) is 0 Å². The van der Waals surface area contributed by atoms with E-state index in [-0.39, 0.29) is 18.8 Å². The van der Waals surface area contributed by atoms with Gasteiger partial charge in [0, 0.05) is 17.9 Å². The van der Waals surface area contributed by atoms with Crippen molar-refractivity contribution in [3.05, 3.63) is 101 Å². The zero-order valence-electron chi connectivity index (χ0n) is 20.6. The lowest BCUT2D eigenvalue weighted by Crippen LogP contribution is -2.43. The third kappa shape index (κ3) is 4.75. The van der Waals surface area contributed by atoms with Gasteiger partial charge >= 0.3 is 5.97 Å². The Bertz CT molecular complexity index is 1290. The molecule has 1 aliphatic carbocycles. The molecular weight excluding hydrogens is 468 g/mol. The van der Waals surface area contributed by atoms with Crippen molar-refractivity contribution in [2.45, 2.75) is 50.6 Å². The number of aliphatic hydroxyl groups is 1. The zero-order valence-corrected chi connectivity index (χ0v) is 20.6. The minimum atomic E-state index is -1.66. The highest BCUT2D eigenvalue weighted by atomic mass is 16.7. The molecule has 1 N–H and O–H groups in total. The summed E-state index contributed by atoms with van der Waals surface area (Å²) in [6.45, 7) is 0.724. The van der Waals surface area contributed by atoms with Crippen LogP contribution in [0.15, 0.2) is 84.4 Å². The van der Waals surface area contributed by atoms with Gasteiger partial charge in [-0.05, 0) is 54.5 Å². The van der Waals surface area contributed by atoms with Crippen LogP contribution >= 0.6 is 0 Å². The van der Waals surface area contributed by atoms with Gasteiger partial charge < -0.3 is 24.1 Å². The van der Waals surface area contributed by atoms with Gasteiger partial charge in [-0.3, -0.25) is 0 Å². The molecule has 190 valence electrons. The van der Waals surface area contributed by atoms with Crippen molar-refractivity contribution in [3.63, 3.8) is 0 Å². The van der Waals surface area contributed by atoms with Gasteiger partial charge in [-0.25, -0.2) is 4.79 Å². The molecule has 2 aliphatic heterocycles. The predicted molar refractivity (Wildman–Crippen MR) is 138 cm³/mol. The number of rotatable bonds is 7. The fraction of sp³-hybridized carbons (Fsp3) is 0.323. The molecule has 0 saturated heterocycles. The summed E-state index contributed by atoms with van der Waals surface area (Å²) < 4.78 is 23.0. The Morgan fingerprint density at radius 3 is 2.24 bits per heavy atom. The third-order valence-corrected chi connectivity index (χ3v) is 7.63. The van der Waals surface area contributed by atoms with Crippen molar-refractivity contribution in [2.24, 2.45) is 5.92 Å². The SMILES string of the molecule is O=C1OC(O)(C2CCC(OCc3ccccc3)CC2)C(Cc2ccccc2)=C1c1ccc2c(c1)OCO2. The van der Waals surface area contributed by atoms with Gasteiger partial charge in [0.05, 0.1) is 18.3 Å². The minimum Gasteiger partial charge on any atom is -0.454 e. The van der Waals surface area contributed by atoms with Gasteiger partial charge in [-0.15, -0.1) is 0 Å². The zero-order chi connectivity index (χ0) is 25.2. The first kappa shape index (κ1) is 23.8. The van der Waals surface area contributed by atoms with Crippen molar-refractivity contribution in [1.29, 1.82) is 0 Å². The molecule has 0 spiro atoms. The second kappa shape index (κ2) is 10.0. The molecule has 3 aromatic rings. The van der Waals surface area contributed by atoms with Crippen LogP contribution in [0.1, 0.15) is 42.4 Å². The van der Waals surface area contributed by atoms with Crippen LogP contribution in [0, 0.1) is 5.92 Å². The molecule has 0 bridgehead atoms. The number of hydrogen-bond acceptors (Lipinski definition) is 6. The van der Waals surface area contributed by atoms with E-state index >= 15 is 0 Å². The quantitative estimate of drug-likeness (QED) is 0.438. The lowest BCUT2D eigenvalue weighted by Gasteiger charge is -2.38. The second-order valence-electron chi connectivity index (χ2n) is 9.94. The molecule has 6 rings (SSSR count). The molecule has 6 heteroatoms. The highest BCUT2D eigenvalue weighted by Gasteiger charge is 2.52. The van der Waals surface area contributed by atoms with Gasteiger partial charge in [-0.2, -0.15) is 0 Å². The van der Waals surface area contributed by atoms with Crippen molar-refractivity contribution in [1.82, 2.24) is 0 Å². The molecule has 37 heavy (non-hydrogen) atoms. The summed E-state index contributed by atoms with van der Waals surface area (Å²) in [4.78, 5) is 13.3. The van der Waals surface area contributed by atoms with Gasteiger partial charge in [0.2, 0.25) is 12.6 Å². The fourth-order valence-electron chi connectivity index (χ4n) is 5.65. The molecule has 3 aromatic carbocycles. The first-order valence-electron chi connectivity index (χ1n) is 12.9. The highest BCUT2D eigenvalue weighted by Crippen LogP contribution is 2.48. The fourth-order valence-corrected chi connectivity index (χ4v) is 5.65. The third-order valence-electron chi connectivity index (χ3n) is 7.63. The first-order valence-corrected chi connectivity index (χ1v) is 12.9. The van der Waals surface area contributed by atoms with E-state index in [2.05, 4.69) is 12.1 Å². The molecule has 1 unspecified atom stereocenters. The Morgan fingerprint density at radius 1 is 0.838 bits per heavy atom. The van der Waals surface area contributed by atoms with E-state index < -0.39 is 11.8 Å².